The first-order chi connectivity index (χ1) is 7.54. The molecule has 0 spiro atoms. The van der Waals surface area contributed by atoms with Gasteiger partial charge in [0.2, 0.25) is 5.91 Å². The maximum atomic E-state index is 11.0. The number of hydrogen-bond donors (Lipinski definition) is 2. The summed E-state index contributed by atoms with van der Waals surface area (Å²) in [6, 6.07) is 4.81. The quantitative estimate of drug-likeness (QED) is 0.590. The molecule has 0 bridgehead atoms. The molecule has 0 aliphatic rings. The van der Waals surface area contributed by atoms with E-state index in [1.165, 1.54) is 13.1 Å². The van der Waals surface area contributed by atoms with Crippen molar-refractivity contribution in [3.63, 3.8) is 0 Å². The molecule has 0 saturated heterocycles. The predicted molar refractivity (Wildman–Crippen MR) is 60.4 cm³/mol. The Balaban J connectivity index is 2.87. The molecule has 1 aromatic carbocycles. The van der Waals surface area contributed by atoms with E-state index >= 15 is 0 Å². The molecular weight excluding hydrogens is 210 g/mol. The molecule has 16 heavy (non-hydrogen) atoms. The van der Waals surface area contributed by atoms with Gasteiger partial charge in [-0.1, -0.05) is 6.07 Å². The van der Waals surface area contributed by atoms with Crippen molar-refractivity contribution in [2.75, 3.05) is 18.9 Å². The molecule has 86 valence electrons. The van der Waals surface area contributed by atoms with Gasteiger partial charge in [-0.3, -0.25) is 14.9 Å². The van der Waals surface area contributed by atoms with Crippen molar-refractivity contribution >= 4 is 17.3 Å². The Kier molecular flexibility index (Phi) is 3.82. The van der Waals surface area contributed by atoms with Crippen molar-refractivity contribution < 1.29 is 9.72 Å². The summed E-state index contributed by atoms with van der Waals surface area (Å²) >= 11 is 0. The van der Waals surface area contributed by atoms with E-state index in [0.717, 1.165) is 5.56 Å². The molecule has 0 unspecified atom stereocenters. The van der Waals surface area contributed by atoms with Gasteiger partial charge >= 0.3 is 0 Å². The summed E-state index contributed by atoms with van der Waals surface area (Å²) in [5, 5.41) is 15.9. The number of likely N-dealkylation sites (N-methyl/N-ethyl adjacent to an activating group) is 1. The predicted octanol–water partition coefficient (Wildman–Crippen LogP) is 1.06. The van der Waals surface area contributed by atoms with E-state index in [1.807, 2.05) is 0 Å². The van der Waals surface area contributed by atoms with Crippen molar-refractivity contribution in [2.24, 2.45) is 0 Å². The van der Waals surface area contributed by atoms with Crippen LogP contribution in [0.1, 0.15) is 5.56 Å². The molecule has 2 N–H and O–H groups in total. The summed E-state index contributed by atoms with van der Waals surface area (Å²) in [5.74, 6) is -0.227. The standard InChI is InChI=1S/C10H13N3O3/c1-7-3-4-8(9(5-7)13(15)16)12-6-10(14)11-2/h3-5,12H,6H2,1-2H3,(H,11,14). The number of anilines is 1. The molecule has 0 radical (unpaired) electrons. The van der Waals surface area contributed by atoms with Crippen molar-refractivity contribution in [2.45, 2.75) is 6.92 Å². The number of nitrogens with zero attached hydrogens (tertiary/aromatic N) is 1. The molecular formula is C10H13N3O3. The topological polar surface area (TPSA) is 84.3 Å². The molecule has 0 saturated carbocycles. The Hall–Kier alpha value is -2.11. The van der Waals surface area contributed by atoms with E-state index in [1.54, 1.807) is 19.1 Å². The fourth-order valence-corrected chi connectivity index (χ4v) is 1.21. The lowest BCUT2D eigenvalue weighted by molar-refractivity contribution is -0.384. The monoisotopic (exact) mass is 223 g/mol. The number of nitro groups is 1. The van der Waals surface area contributed by atoms with E-state index in [4.69, 9.17) is 0 Å². The highest BCUT2D eigenvalue weighted by molar-refractivity contribution is 5.81. The summed E-state index contributed by atoms with van der Waals surface area (Å²) in [5.41, 5.74) is 1.13. The first kappa shape index (κ1) is 12.0. The first-order valence-corrected chi connectivity index (χ1v) is 4.74. The minimum atomic E-state index is -0.473. The number of carbonyl (C=O) groups excluding carboxylic acids is 1. The average Bonchev–Trinajstić information content (AvgIpc) is 2.26. The van der Waals surface area contributed by atoms with Gasteiger partial charge in [0, 0.05) is 13.1 Å². The second kappa shape index (κ2) is 5.11. The summed E-state index contributed by atoms with van der Waals surface area (Å²) in [6.07, 6.45) is 0. The molecule has 6 heteroatoms. The fraction of sp³-hybridized carbons (Fsp3) is 0.300. The second-order valence-corrected chi connectivity index (χ2v) is 3.30. The highest BCUT2D eigenvalue weighted by Gasteiger charge is 2.13. The molecule has 0 aliphatic heterocycles. The van der Waals surface area contributed by atoms with Crippen molar-refractivity contribution in [1.82, 2.24) is 5.32 Å². The van der Waals surface area contributed by atoms with Crippen LogP contribution >= 0.6 is 0 Å². The zero-order valence-electron chi connectivity index (χ0n) is 9.11. The van der Waals surface area contributed by atoms with Crippen LogP contribution in [0.4, 0.5) is 11.4 Å². The molecule has 0 atom stereocenters. The highest BCUT2D eigenvalue weighted by Crippen LogP contribution is 2.24. The van der Waals surface area contributed by atoms with Crippen LogP contribution in [0.15, 0.2) is 18.2 Å². The lowest BCUT2D eigenvalue weighted by atomic mass is 10.2. The third-order valence-electron chi connectivity index (χ3n) is 2.07. The normalized spacial score (nSPS) is 9.62. The highest BCUT2D eigenvalue weighted by atomic mass is 16.6. The van der Waals surface area contributed by atoms with Crippen LogP contribution in [0.3, 0.4) is 0 Å². The van der Waals surface area contributed by atoms with Crippen LogP contribution in [0.25, 0.3) is 0 Å². The molecule has 0 heterocycles. The van der Waals surface area contributed by atoms with Gasteiger partial charge in [-0.15, -0.1) is 0 Å². The van der Waals surface area contributed by atoms with Crippen LogP contribution in [-0.2, 0) is 4.79 Å². The van der Waals surface area contributed by atoms with Crippen molar-refractivity contribution in [1.29, 1.82) is 0 Å². The third kappa shape index (κ3) is 2.94. The van der Waals surface area contributed by atoms with Crippen LogP contribution in [0, 0.1) is 17.0 Å². The number of rotatable bonds is 4. The summed E-state index contributed by atoms with van der Waals surface area (Å²) in [6.45, 7) is 1.79. The van der Waals surface area contributed by atoms with Gasteiger partial charge in [0.15, 0.2) is 0 Å². The van der Waals surface area contributed by atoms with Gasteiger partial charge < -0.3 is 10.6 Å². The van der Waals surface area contributed by atoms with Gasteiger partial charge in [-0.25, -0.2) is 0 Å². The second-order valence-electron chi connectivity index (χ2n) is 3.30. The molecule has 1 rings (SSSR count). The number of nitro benzene ring substituents is 1. The van der Waals surface area contributed by atoms with Gasteiger partial charge in [0.1, 0.15) is 5.69 Å². The number of benzene rings is 1. The number of amides is 1. The summed E-state index contributed by atoms with van der Waals surface area (Å²) < 4.78 is 0. The molecule has 1 amide bonds. The Bertz CT molecular complexity index is 418. The van der Waals surface area contributed by atoms with Crippen molar-refractivity contribution in [3.05, 3.63) is 33.9 Å². The van der Waals surface area contributed by atoms with Gasteiger partial charge in [-0.2, -0.15) is 0 Å². The molecule has 0 aliphatic carbocycles. The van der Waals surface area contributed by atoms with E-state index in [0.29, 0.717) is 5.69 Å². The fourth-order valence-electron chi connectivity index (χ4n) is 1.21. The van der Waals surface area contributed by atoms with Crippen LogP contribution in [-0.4, -0.2) is 24.4 Å². The molecule has 0 aromatic heterocycles. The zero-order chi connectivity index (χ0) is 12.1. The van der Waals surface area contributed by atoms with Crippen LogP contribution in [0.2, 0.25) is 0 Å². The zero-order valence-corrected chi connectivity index (χ0v) is 9.11. The minimum Gasteiger partial charge on any atom is -0.371 e. The average molecular weight is 223 g/mol. The number of nitrogens with one attached hydrogen (secondary N) is 2. The Morgan fingerprint density at radius 3 is 2.75 bits per heavy atom. The van der Waals surface area contributed by atoms with Crippen molar-refractivity contribution in [3.8, 4) is 0 Å². The summed E-state index contributed by atoms with van der Waals surface area (Å²) in [4.78, 5) is 21.3. The van der Waals surface area contributed by atoms with Crippen LogP contribution < -0.4 is 10.6 Å². The summed E-state index contributed by atoms with van der Waals surface area (Å²) in [7, 11) is 1.51. The van der Waals surface area contributed by atoms with E-state index < -0.39 is 4.92 Å². The minimum absolute atomic E-state index is 0.0143. The van der Waals surface area contributed by atoms with Gasteiger partial charge in [-0.05, 0) is 18.6 Å². The van der Waals surface area contributed by atoms with Gasteiger partial charge in [0.05, 0.1) is 11.5 Å². The van der Waals surface area contributed by atoms with E-state index in [9.17, 15) is 14.9 Å². The number of carbonyl (C=O) groups is 1. The number of aryl methyl sites for hydroxylation is 1. The molecule has 6 nitrogen and oxygen atoms in total. The maximum Gasteiger partial charge on any atom is 0.292 e. The molecule has 0 fully saturated rings. The largest absolute Gasteiger partial charge is 0.371 e. The Labute approximate surface area is 92.8 Å². The maximum absolute atomic E-state index is 11.0. The lowest BCUT2D eigenvalue weighted by Crippen LogP contribution is -2.26. The lowest BCUT2D eigenvalue weighted by Gasteiger charge is -2.06. The van der Waals surface area contributed by atoms with E-state index in [2.05, 4.69) is 10.6 Å². The smallest absolute Gasteiger partial charge is 0.292 e. The third-order valence-corrected chi connectivity index (χ3v) is 2.07. The molecule has 1 aromatic rings. The Morgan fingerprint density at radius 2 is 2.19 bits per heavy atom. The van der Waals surface area contributed by atoms with Crippen LogP contribution in [0.5, 0.6) is 0 Å². The number of hydrogen-bond acceptors (Lipinski definition) is 4. The van der Waals surface area contributed by atoms with E-state index in [-0.39, 0.29) is 18.1 Å². The SMILES string of the molecule is CNC(=O)CNc1ccc(C)cc1[N+](=O)[O-]. The Morgan fingerprint density at radius 1 is 1.50 bits per heavy atom. The first-order valence-electron chi connectivity index (χ1n) is 4.74. The van der Waals surface area contributed by atoms with Gasteiger partial charge in [0.25, 0.3) is 5.69 Å².